The van der Waals surface area contributed by atoms with Gasteiger partial charge < -0.3 is 14.6 Å². The van der Waals surface area contributed by atoms with Crippen LogP contribution in [0.4, 0.5) is 0 Å². The number of carbonyl (C=O) groups excluding carboxylic acids is 2. The minimum atomic E-state index is -0.0774. The van der Waals surface area contributed by atoms with Gasteiger partial charge in [-0.2, -0.15) is 0 Å². The Kier molecular flexibility index (Phi) is 7.91. The zero-order valence-electron chi connectivity index (χ0n) is 19.2. The summed E-state index contributed by atoms with van der Waals surface area (Å²) in [5, 5.41) is 3.17. The maximum atomic E-state index is 12.9. The van der Waals surface area contributed by atoms with Crippen molar-refractivity contribution in [1.82, 2.24) is 15.1 Å². The molecule has 3 rings (SSSR count). The van der Waals surface area contributed by atoms with Crippen molar-refractivity contribution in [3.63, 3.8) is 0 Å². The number of nitrogens with zero attached hydrogens (tertiary/aromatic N) is 2. The van der Waals surface area contributed by atoms with Crippen LogP contribution in [0.15, 0.2) is 40.8 Å². The number of carbonyl (C=O) groups is 2. The van der Waals surface area contributed by atoms with Crippen LogP contribution in [0.5, 0.6) is 0 Å². The topological polar surface area (TPSA) is 65.8 Å². The molecule has 0 spiro atoms. The van der Waals surface area contributed by atoms with Crippen LogP contribution in [0, 0.1) is 13.8 Å². The number of piperidine rings is 1. The molecule has 2 heterocycles. The molecule has 1 aliphatic heterocycles. The number of benzene rings is 1. The summed E-state index contributed by atoms with van der Waals surface area (Å²) in [6.45, 7) is 10.9. The zero-order valence-corrected chi connectivity index (χ0v) is 19.2. The van der Waals surface area contributed by atoms with Crippen LogP contribution in [-0.4, -0.2) is 53.3 Å². The first-order valence-electron chi connectivity index (χ1n) is 11.3. The van der Waals surface area contributed by atoms with Crippen LogP contribution in [-0.2, 0) is 11.3 Å². The van der Waals surface area contributed by atoms with Gasteiger partial charge in [-0.1, -0.05) is 30.3 Å². The molecule has 1 aromatic carbocycles. The molecule has 2 aromatic rings. The minimum Gasteiger partial charge on any atom is -0.466 e. The number of hydrogen-bond acceptors (Lipinski definition) is 4. The summed E-state index contributed by atoms with van der Waals surface area (Å²) in [5.74, 6) is 1.28. The van der Waals surface area contributed by atoms with Gasteiger partial charge in [0.05, 0.1) is 5.56 Å². The van der Waals surface area contributed by atoms with Crippen LogP contribution in [0.1, 0.15) is 60.6 Å². The average Bonchev–Trinajstić information content (AvgIpc) is 3.08. The normalized spacial score (nSPS) is 15.3. The van der Waals surface area contributed by atoms with Gasteiger partial charge in [-0.25, -0.2) is 0 Å². The number of furan rings is 1. The van der Waals surface area contributed by atoms with Crippen molar-refractivity contribution in [3.05, 3.63) is 59.0 Å². The fourth-order valence-corrected chi connectivity index (χ4v) is 4.19. The molecule has 1 N–H and O–H groups in total. The third-order valence-electron chi connectivity index (χ3n) is 5.94. The summed E-state index contributed by atoms with van der Waals surface area (Å²) in [6.07, 6.45) is 2.22. The Labute approximate surface area is 185 Å². The van der Waals surface area contributed by atoms with E-state index in [-0.39, 0.29) is 23.9 Å². The van der Waals surface area contributed by atoms with E-state index >= 15 is 0 Å². The number of rotatable bonds is 8. The molecule has 0 atom stereocenters. The monoisotopic (exact) mass is 425 g/mol. The lowest BCUT2D eigenvalue weighted by Gasteiger charge is -2.32. The highest BCUT2D eigenvalue weighted by Gasteiger charge is 2.25. The highest BCUT2D eigenvalue weighted by atomic mass is 16.3. The summed E-state index contributed by atoms with van der Waals surface area (Å²) in [4.78, 5) is 29.7. The van der Waals surface area contributed by atoms with E-state index in [0.717, 1.165) is 38.2 Å². The van der Waals surface area contributed by atoms with Crippen molar-refractivity contribution in [1.29, 1.82) is 0 Å². The number of likely N-dealkylation sites (tertiary alicyclic amines) is 1. The quantitative estimate of drug-likeness (QED) is 0.696. The Bertz CT molecular complexity index is 867. The molecule has 0 unspecified atom stereocenters. The van der Waals surface area contributed by atoms with Crippen molar-refractivity contribution in [2.75, 3.05) is 19.6 Å². The van der Waals surface area contributed by atoms with E-state index in [9.17, 15) is 9.59 Å². The van der Waals surface area contributed by atoms with E-state index in [2.05, 4.69) is 34.5 Å². The molecule has 1 fully saturated rings. The van der Waals surface area contributed by atoms with Gasteiger partial charge in [0, 0.05) is 44.7 Å². The molecule has 6 heteroatoms. The van der Waals surface area contributed by atoms with E-state index < -0.39 is 0 Å². The Morgan fingerprint density at radius 1 is 1.16 bits per heavy atom. The van der Waals surface area contributed by atoms with Gasteiger partial charge >= 0.3 is 0 Å². The maximum absolute atomic E-state index is 12.9. The molecule has 168 valence electrons. The van der Waals surface area contributed by atoms with E-state index in [1.807, 2.05) is 26.8 Å². The SMILES string of the molecule is Cc1cc(C(=O)N(CCC(=O)NC2CCN(Cc3ccccc3)CC2)C(C)C)c(C)o1. The molecule has 0 radical (unpaired) electrons. The van der Waals surface area contributed by atoms with Gasteiger partial charge in [0.2, 0.25) is 5.91 Å². The van der Waals surface area contributed by atoms with Crippen molar-refractivity contribution in [2.24, 2.45) is 0 Å². The molecule has 1 aromatic heterocycles. The van der Waals surface area contributed by atoms with Crippen LogP contribution in [0.25, 0.3) is 0 Å². The number of hydrogen-bond donors (Lipinski definition) is 1. The molecule has 31 heavy (non-hydrogen) atoms. The lowest BCUT2D eigenvalue weighted by molar-refractivity contribution is -0.122. The first-order chi connectivity index (χ1) is 14.8. The van der Waals surface area contributed by atoms with Crippen LogP contribution in [0.3, 0.4) is 0 Å². The Balaban J connectivity index is 1.44. The Morgan fingerprint density at radius 3 is 2.42 bits per heavy atom. The second kappa shape index (κ2) is 10.6. The van der Waals surface area contributed by atoms with E-state index in [0.29, 0.717) is 24.3 Å². The van der Waals surface area contributed by atoms with E-state index in [4.69, 9.17) is 4.42 Å². The summed E-state index contributed by atoms with van der Waals surface area (Å²) in [5.41, 5.74) is 1.91. The number of aryl methyl sites for hydroxylation is 2. The van der Waals surface area contributed by atoms with Crippen molar-refractivity contribution >= 4 is 11.8 Å². The first-order valence-corrected chi connectivity index (χ1v) is 11.3. The summed E-state index contributed by atoms with van der Waals surface area (Å²) < 4.78 is 5.51. The predicted molar refractivity (Wildman–Crippen MR) is 122 cm³/mol. The fraction of sp³-hybridized carbons (Fsp3) is 0.520. The first kappa shape index (κ1) is 23.1. The molecular weight excluding hydrogens is 390 g/mol. The lowest BCUT2D eigenvalue weighted by atomic mass is 10.0. The van der Waals surface area contributed by atoms with Gasteiger partial charge in [0.15, 0.2) is 0 Å². The average molecular weight is 426 g/mol. The second-order valence-corrected chi connectivity index (χ2v) is 8.77. The van der Waals surface area contributed by atoms with Gasteiger partial charge in [0.1, 0.15) is 11.5 Å². The van der Waals surface area contributed by atoms with E-state index in [1.165, 1.54) is 5.56 Å². The Hall–Kier alpha value is -2.60. The van der Waals surface area contributed by atoms with Crippen molar-refractivity contribution < 1.29 is 14.0 Å². The highest BCUT2D eigenvalue weighted by molar-refractivity contribution is 5.95. The third kappa shape index (κ3) is 6.44. The van der Waals surface area contributed by atoms with Gasteiger partial charge in [-0.3, -0.25) is 14.5 Å². The van der Waals surface area contributed by atoms with Crippen molar-refractivity contribution in [2.45, 2.75) is 65.6 Å². The smallest absolute Gasteiger partial charge is 0.257 e. The summed E-state index contributed by atoms with van der Waals surface area (Å²) in [7, 11) is 0. The predicted octanol–water partition coefficient (Wildman–Crippen LogP) is 3.92. The molecule has 1 saturated heterocycles. The van der Waals surface area contributed by atoms with Crippen LogP contribution >= 0.6 is 0 Å². The maximum Gasteiger partial charge on any atom is 0.257 e. The molecule has 1 aliphatic rings. The molecule has 2 amide bonds. The molecule has 6 nitrogen and oxygen atoms in total. The second-order valence-electron chi connectivity index (χ2n) is 8.77. The summed E-state index contributed by atoms with van der Waals surface area (Å²) >= 11 is 0. The molecule has 0 bridgehead atoms. The highest BCUT2D eigenvalue weighted by Crippen LogP contribution is 2.18. The van der Waals surface area contributed by atoms with Crippen molar-refractivity contribution in [3.8, 4) is 0 Å². The Morgan fingerprint density at radius 2 is 1.84 bits per heavy atom. The fourth-order valence-electron chi connectivity index (χ4n) is 4.19. The zero-order chi connectivity index (χ0) is 22.4. The molecule has 0 saturated carbocycles. The van der Waals surface area contributed by atoms with Crippen LogP contribution < -0.4 is 5.32 Å². The number of nitrogens with one attached hydrogen (secondary N) is 1. The minimum absolute atomic E-state index is 0.0103. The molecular formula is C25H35N3O3. The van der Waals surface area contributed by atoms with Crippen LogP contribution in [0.2, 0.25) is 0 Å². The lowest BCUT2D eigenvalue weighted by Crippen LogP contribution is -2.45. The van der Waals surface area contributed by atoms with Gasteiger partial charge in [0.25, 0.3) is 5.91 Å². The van der Waals surface area contributed by atoms with Gasteiger partial charge in [-0.15, -0.1) is 0 Å². The standard InChI is InChI=1S/C25H35N3O3/c1-18(2)28(25(30)23-16-19(3)31-20(23)4)15-12-24(29)26-22-10-13-27(14-11-22)17-21-8-6-5-7-9-21/h5-9,16,18,22H,10-15,17H2,1-4H3,(H,26,29). The van der Waals surface area contributed by atoms with E-state index in [1.54, 1.807) is 17.9 Å². The third-order valence-corrected chi connectivity index (χ3v) is 5.94. The molecule has 0 aliphatic carbocycles. The summed E-state index contributed by atoms with van der Waals surface area (Å²) in [6, 6.07) is 12.5. The van der Waals surface area contributed by atoms with Gasteiger partial charge in [-0.05, 0) is 52.2 Å². The largest absolute Gasteiger partial charge is 0.466 e. The number of amides is 2.